The fraction of sp³-hybridized carbons (Fsp3) is 0.441. The van der Waals surface area contributed by atoms with Gasteiger partial charge in [-0.3, -0.25) is 0 Å². The molecule has 3 aromatic rings. The smallest absolute Gasteiger partial charge is 0.426 e. The van der Waals surface area contributed by atoms with Crippen molar-refractivity contribution in [3.63, 3.8) is 0 Å². The van der Waals surface area contributed by atoms with E-state index in [1.54, 1.807) is 12.1 Å². The number of hydrogen-bond donors (Lipinski definition) is 0. The molecule has 0 aromatic heterocycles. The summed E-state index contributed by atoms with van der Waals surface area (Å²) in [6.07, 6.45) is 8.06. The molecular formula is C34H38F2O2. The number of alkyl halides is 2. The molecule has 2 aliphatic rings. The van der Waals surface area contributed by atoms with Crippen molar-refractivity contribution in [2.45, 2.75) is 88.1 Å². The van der Waals surface area contributed by atoms with E-state index in [1.165, 1.54) is 23.3 Å². The molecule has 0 bridgehead atoms. The Balaban J connectivity index is 1.14. The van der Waals surface area contributed by atoms with Crippen molar-refractivity contribution in [3.05, 3.63) is 101 Å². The predicted octanol–water partition coefficient (Wildman–Crippen LogP) is 9.51. The van der Waals surface area contributed by atoms with Gasteiger partial charge in [0.15, 0.2) is 0 Å². The zero-order valence-electron chi connectivity index (χ0n) is 22.0. The van der Waals surface area contributed by atoms with Crippen LogP contribution in [0.15, 0.2) is 78.9 Å². The molecule has 200 valence electrons. The Morgan fingerprint density at radius 1 is 0.658 bits per heavy atom. The minimum atomic E-state index is -3.39. The maximum Gasteiger partial charge on any atom is 0.426 e. The molecule has 0 radical (unpaired) electrons. The van der Waals surface area contributed by atoms with Crippen LogP contribution in [0.4, 0.5) is 8.78 Å². The van der Waals surface area contributed by atoms with Crippen molar-refractivity contribution in [2.24, 2.45) is 5.92 Å². The molecule has 0 aliphatic heterocycles. The Morgan fingerprint density at radius 2 is 1.13 bits per heavy atom. The first-order valence-corrected chi connectivity index (χ1v) is 14.3. The molecule has 0 spiro atoms. The molecule has 5 rings (SSSR count). The van der Waals surface area contributed by atoms with E-state index in [2.05, 4.69) is 30.3 Å². The van der Waals surface area contributed by atoms with Crippen LogP contribution in [0.25, 0.3) is 0 Å². The van der Waals surface area contributed by atoms with Gasteiger partial charge in [-0.15, -0.1) is 0 Å². The zero-order chi connectivity index (χ0) is 26.4. The van der Waals surface area contributed by atoms with Crippen LogP contribution in [0.3, 0.4) is 0 Å². The third-order valence-electron chi connectivity index (χ3n) is 8.85. The highest BCUT2D eigenvalue weighted by Gasteiger charge is 2.35. The molecule has 4 heteroatoms. The highest BCUT2D eigenvalue weighted by atomic mass is 19.3. The van der Waals surface area contributed by atoms with E-state index in [9.17, 15) is 13.6 Å². The van der Waals surface area contributed by atoms with Gasteiger partial charge in [0.25, 0.3) is 0 Å². The molecule has 0 amide bonds. The maximum atomic E-state index is 15.0. The summed E-state index contributed by atoms with van der Waals surface area (Å²) in [7, 11) is 0. The van der Waals surface area contributed by atoms with Crippen molar-refractivity contribution in [1.29, 1.82) is 0 Å². The minimum Gasteiger partial charge on any atom is -0.429 e. The van der Waals surface area contributed by atoms with Gasteiger partial charge in [-0.2, -0.15) is 8.78 Å². The minimum absolute atomic E-state index is 0.121. The standard InChI is InChI=1S/C34H38F2O2/c35-34(36,32-20-16-30(17-21-32)27-10-8-25(9-11-27)5-4-24-37)38-33-22-18-31(19-23-33)29-14-12-28(13-15-29)26-6-2-1-3-7-26/h1-3,6-7,16-25,27-29H,4-5,8-15H2. The number of halogens is 2. The van der Waals surface area contributed by atoms with E-state index in [0.29, 0.717) is 30.1 Å². The maximum absolute atomic E-state index is 15.0. The lowest BCUT2D eigenvalue weighted by atomic mass is 9.76. The van der Waals surface area contributed by atoms with Gasteiger partial charge in [0.1, 0.15) is 12.0 Å². The fourth-order valence-corrected chi connectivity index (χ4v) is 6.54. The van der Waals surface area contributed by atoms with Crippen LogP contribution in [-0.4, -0.2) is 6.29 Å². The van der Waals surface area contributed by atoms with Crippen molar-refractivity contribution in [1.82, 2.24) is 0 Å². The molecule has 0 atom stereocenters. The first-order valence-electron chi connectivity index (χ1n) is 14.3. The Hall–Kier alpha value is -3.01. The highest BCUT2D eigenvalue weighted by molar-refractivity contribution is 5.49. The van der Waals surface area contributed by atoms with Crippen LogP contribution in [0.5, 0.6) is 5.75 Å². The quantitative estimate of drug-likeness (QED) is 0.265. The molecule has 38 heavy (non-hydrogen) atoms. The molecule has 2 nitrogen and oxygen atoms in total. The van der Waals surface area contributed by atoms with E-state index >= 15 is 0 Å². The number of rotatable bonds is 9. The second-order valence-electron chi connectivity index (χ2n) is 11.2. The summed E-state index contributed by atoms with van der Waals surface area (Å²) in [6, 6.07) is 24.7. The number of carbonyl (C=O) groups excluding carboxylic acids is 1. The first kappa shape index (κ1) is 26.6. The average molecular weight is 517 g/mol. The van der Waals surface area contributed by atoms with Crippen molar-refractivity contribution in [3.8, 4) is 5.75 Å². The Morgan fingerprint density at radius 3 is 1.66 bits per heavy atom. The van der Waals surface area contributed by atoms with E-state index in [0.717, 1.165) is 69.6 Å². The number of benzene rings is 3. The lowest BCUT2D eigenvalue weighted by Crippen LogP contribution is -2.22. The monoisotopic (exact) mass is 516 g/mol. The summed E-state index contributed by atoms with van der Waals surface area (Å²) in [5, 5.41) is 0. The topological polar surface area (TPSA) is 26.3 Å². The van der Waals surface area contributed by atoms with Crippen LogP contribution >= 0.6 is 0 Å². The zero-order valence-corrected chi connectivity index (χ0v) is 22.0. The molecule has 3 aromatic carbocycles. The van der Waals surface area contributed by atoms with E-state index < -0.39 is 6.11 Å². The van der Waals surface area contributed by atoms with E-state index in [-0.39, 0.29) is 11.3 Å². The van der Waals surface area contributed by atoms with Gasteiger partial charge in [-0.05, 0) is 122 Å². The SMILES string of the molecule is O=CCCC1CCC(c2ccc(C(F)(F)Oc3ccc(C4CCC(c5ccccc5)CC4)cc3)cc2)CC1. The van der Waals surface area contributed by atoms with Crippen LogP contribution in [0, 0.1) is 5.92 Å². The second-order valence-corrected chi connectivity index (χ2v) is 11.2. The summed E-state index contributed by atoms with van der Waals surface area (Å²) in [6.45, 7) is 0. The highest BCUT2D eigenvalue weighted by Crippen LogP contribution is 2.42. The summed E-state index contributed by atoms with van der Waals surface area (Å²) < 4.78 is 35.2. The van der Waals surface area contributed by atoms with Crippen LogP contribution < -0.4 is 4.74 Å². The summed E-state index contributed by atoms with van der Waals surface area (Å²) in [5.41, 5.74) is 3.62. The average Bonchev–Trinajstić information content (AvgIpc) is 2.97. The van der Waals surface area contributed by atoms with Gasteiger partial charge in [0.2, 0.25) is 0 Å². The van der Waals surface area contributed by atoms with Crippen molar-refractivity contribution < 1.29 is 18.3 Å². The number of aldehydes is 1. The Labute approximate surface area is 225 Å². The molecule has 2 fully saturated rings. The molecule has 2 saturated carbocycles. The second kappa shape index (κ2) is 12.2. The van der Waals surface area contributed by atoms with Crippen LogP contribution in [-0.2, 0) is 10.9 Å². The van der Waals surface area contributed by atoms with Gasteiger partial charge >= 0.3 is 6.11 Å². The van der Waals surface area contributed by atoms with Gasteiger partial charge < -0.3 is 9.53 Å². The molecule has 0 N–H and O–H groups in total. The summed E-state index contributed by atoms with van der Waals surface area (Å²) in [4.78, 5) is 10.6. The third kappa shape index (κ3) is 6.51. The molecule has 0 unspecified atom stereocenters. The molecular weight excluding hydrogens is 478 g/mol. The van der Waals surface area contributed by atoms with Crippen molar-refractivity contribution >= 4 is 6.29 Å². The lowest BCUT2D eigenvalue weighted by Gasteiger charge is -2.29. The van der Waals surface area contributed by atoms with Gasteiger partial charge in [0.05, 0.1) is 5.56 Å². The van der Waals surface area contributed by atoms with Crippen molar-refractivity contribution in [2.75, 3.05) is 0 Å². The fourth-order valence-electron chi connectivity index (χ4n) is 6.54. The van der Waals surface area contributed by atoms with E-state index in [1.807, 2.05) is 24.3 Å². The Bertz CT molecular complexity index is 1140. The van der Waals surface area contributed by atoms with E-state index in [4.69, 9.17) is 4.74 Å². The predicted molar refractivity (Wildman–Crippen MR) is 148 cm³/mol. The Kier molecular flexibility index (Phi) is 8.56. The molecule has 2 aliphatic carbocycles. The van der Waals surface area contributed by atoms with Crippen LogP contribution in [0.2, 0.25) is 0 Å². The number of hydrogen-bond acceptors (Lipinski definition) is 2. The summed E-state index contributed by atoms with van der Waals surface area (Å²) >= 11 is 0. The lowest BCUT2D eigenvalue weighted by molar-refractivity contribution is -0.185. The largest absolute Gasteiger partial charge is 0.429 e. The van der Waals surface area contributed by atoms with Gasteiger partial charge in [-0.1, -0.05) is 54.6 Å². The number of ether oxygens (including phenoxy) is 1. The number of carbonyl (C=O) groups is 1. The normalized spacial score (nSPS) is 24.1. The van der Waals surface area contributed by atoms with Gasteiger partial charge in [-0.25, -0.2) is 0 Å². The van der Waals surface area contributed by atoms with Crippen LogP contribution in [0.1, 0.15) is 104 Å². The third-order valence-corrected chi connectivity index (χ3v) is 8.85. The molecule has 0 saturated heterocycles. The van der Waals surface area contributed by atoms with Gasteiger partial charge in [0, 0.05) is 6.42 Å². The first-order chi connectivity index (χ1) is 18.5. The molecule has 0 heterocycles. The summed E-state index contributed by atoms with van der Waals surface area (Å²) in [5.74, 6) is 2.29.